The quantitative estimate of drug-likeness (QED) is 0.563. The second-order valence-corrected chi connectivity index (χ2v) is 28.5. The van der Waals surface area contributed by atoms with E-state index in [0.29, 0.717) is 0 Å². The Morgan fingerprint density at radius 2 is 1.14 bits per heavy atom. The van der Waals surface area contributed by atoms with Crippen molar-refractivity contribution >= 4 is 37.1 Å². The third-order valence-corrected chi connectivity index (χ3v) is 30.7. The van der Waals surface area contributed by atoms with Crippen LogP contribution in [0.2, 0.25) is 39.3 Å². The maximum atomic E-state index is 3.16. The van der Waals surface area contributed by atoms with Gasteiger partial charge in [-0.2, -0.15) is 0 Å². The summed E-state index contributed by atoms with van der Waals surface area (Å²) in [6.45, 7) is 28.8. The van der Waals surface area contributed by atoms with Crippen molar-refractivity contribution in [3.8, 4) is 0 Å². The Bertz CT molecular complexity index is 307. The average molecular weight is 435 g/mol. The molecule has 0 unspecified atom stereocenters. The van der Waals surface area contributed by atoms with Crippen LogP contribution in [0.25, 0.3) is 0 Å². The molecule has 1 fully saturated rings. The van der Waals surface area contributed by atoms with Crippen molar-refractivity contribution in [1.82, 2.24) is 8.70 Å². The zero-order valence-electron chi connectivity index (χ0n) is 16.1. The van der Waals surface area contributed by atoms with E-state index in [4.69, 9.17) is 0 Å². The third-order valence-electron chi connectivity index (χ3n) is 3.62. The summed E-state index contributed by atoms with van der Waals surface area (Å²) in [6, 6.07) is 0. The molecular formula is C15H38N3Si2Sn. The van der Waals surface area contributed by atoms with Gasteiger partial charge in [-0.05, 0) is 0 Å². The van der Waals surface area contributed by atoms with Crippen molar-refractivity contribution in [3.63, 3.8) is 0 Å². The first-order valence-electron chi connectivity index (χ1n) is 8.51. The Kier molecular flexibility index (Phi) is 7.04. The van der Waals surface area contributed by atoms with Crippen molar-refractivity contribution in [1.29, 1.82) is 0 Å². The van der Waals surface area contributed by atoms with Gasteiger partial charge in [-0.1, -0.05) is 0 Å². The zero-order chi connectivity index (χ0) is 16.6. The molecule has 0 spiro atoms. The molecular weight excluding hydrogens is 397 g/mol. The number of rotatable bonds is 7. The first-order valence-corrected chi connectivity index (χ1v) is 19.2. The van der Waals surface area contributed by atoms with E-state index in [2.05, 4.69) is 75.7 Å². The normalized spacial score (nSPS) is 19.9. The Morgan fingerprint density at radius 3 is 1.38 bits per heavy atom. The molecule has 0 saturated carbocycles. The fourth-order valence-corrected chi connectivity index (χ4v) is 33.6. The topological polar surface area (TPSA) is 9.72 Å². The molecule has 0 aromatic heterocycles. The van der Waals surface area contributed by atoms with Crippen LogP contribution in [0.4, 0.5) is 0 Å². The van der Waals surface area contributed by atoms with Crippen LogP contribution in [-0.4, -0.2) is 65.5 Å². The molecule has 1 aliphatic rings. The van der Waals surface area contributed by atoms with Crippen molar-refractivity contribution in [3.05, 3.63) is 0 Å². The molecule has 6 heteroatoms. The van der Waals surface area contributed by atoms with E-state index < -0.39 is 37.1 Å². The van der Waals surface area contributed by atoms with Crippen molar-refractivity contribution in [2.45, 2.75) is 67.0 Å². The molecule has 1 radical (unpaired) electrons. The summed E-state index contributed by atoms with van der Waals surface area (Å²) in [5.41, 5.74) is 0. The summed E-state index contributed by atoms with van der Waals surface area (Å²) < 4.78 is 8.98. The molecule has 0 aromatic carbocycles. The molecule has 1 saturated heterocycles. The molecule has 0 N–H and O–H groups in total. The molecule has 0 atom stereocenters. The molecule has 0 aliphatic carbocycles. The van der Waals surface area contributed by atoms with Gasteiger partial charge in [0.15, 0.2) is 0 Å². The summed E-state index contributed by atoms with van der Waals surface area (Å²) in [6.07, 6.45) is 0. The molecule has 1 aliphatic heterocycles. The van der Waals surface area contributed by atoms with Gasteiger partial charge in [0.1, 0.15) is 0 Å². The molecule has 1 heterocycles. The Balaban J connectivity index is 3.01. The molecule has 125 valence electrons. The van der Waals surface area contributed by atoms with Gasteiger partial charge in [-0.15, -0.1) is 0 Å². The second kappa shape index (κ2) is 7.34. The summed E-state index contributed by atoms with van der Waals surface area (Å²) in [5.74, 6) is 1.60. The van der Waals surface area contributed by atoms with Crippen molar-refractivity contribution in [2.75, 3.05) is 19.8 Å². The first kappa shape index (κ1) is 20.2. The van der Waals surface area contributed by atoms with Crippen LogP contribution in [0, 0.1) is 11.8 Å². The molecule has 0 aromatic rings. The van der Waals surface area contributed by atoms with E-state index in [0.717, 1.165) is 11.8 Å². The minimum atomic E-state index is -1.77. The number of hydrogen-bond donors (Lipinski definition) is 0. The van der Waals surface area contributed by atoms with Gasteiger partial charge in [0.05, 0.1) is 0 Å². The van der Waals surface area contributed by atoms with Crippen LogP contribution in [0.1, 0.15) is 27.7 Å². The van der Waals surface area contributed by atoms with Crippen LogP contribution < -0.4 is 0 Å². The minimum absolute atomic E-state index is 0.798. The fraction of sp³-hybridized carbons (Fsp3) is 1.00. The SMILES string of the molecule is CC(C)C[N]1C[N](CC(C)C)[Sn]1[N]([Si](C)(C)C)[Si](C)(C)C. The predicted octanol–water partition coefficient (Wildman–Crippen LogP) is 3.83. The monoisotopic (exact) mass is 436 g/mol. The standard InChI is InChI=1S/C9H20N2.C6H18NSi2.Sn/c1-8(2)5-10-7-11-6-9(3)4;1-8(2,3)7-9(4,5)6;/h8-9H,5-7H2,1-4H3;1-6H3;/q-2;-1;+3. The summed E-state index contributed by atoms with van der Waals surface area (Å²) in [7, 11) is -2.48. The zero-order valence-corrected chi connectivity index (χ0v) is 21.0. The van der Waals surface area contributed by atoms with Crippen LogP contribution >= 0.6 is 0 Å². The second-order valence-electron chi connectivity index (χ2n) is 9.35. The van der Waals surface area contributed by atoms with Gasteiger partial charge in [-0.25, -0.2) is 0 Å². The van der Waals surface area contributed by atoms with Crippen LogP contribution in [0.5, 0.6) is 0 Å². The van der Waals surface area contributed by atoms with Gasteiger partial charge >= 0.3 is 144 Å². The van der Waals surface area contributed by atoms with Crippen LogP contribution in [-0.2, 0) is 0 Å². The van der Waals surface area contributed by atoms with Crippen LogP contribution in [0.3, 0.4) is 0 Å². The summed E-state index contributed by atoms with van der Waals surface area (Å²) in [5, 5.41) is 0. The Hall–Kier alpha value is 1.11. The van der Waals surface area contributed by atoms with Gasteiger partial charge in [0, 0.05) is 0 Å². The van der Waals surface area contributed by atoms with Crippen molar-refractivity contribution < 1.29 is 0 Å². The van der Waals surface area contributed by atoms with Crippen molar-refractivity contribution in [2.24, 2.45) is 11.8 Å². The van der Waals surface area contributed by atoms with E-state index in [9.17, 15) is 0 Å². The van der Waals surface area contributed by atoms with Gasteiger partial charge < -0.3 is 0 Å². The van der Waals surface area contributed by atoms with E-state index in [1.807, 2.05) is 0 Å². The van der Waals surface area contributed by atoms with Gasteiger partial charge in [-0.3, -0.25) is 0 Å². The maximum absolute atomic E-state index is 3.16. The summed E-state index contributed by atoms with van der Waals surface area (Å²) in [4.78, 5) is 0. The van der Waals surface area contributed by atoms with E-state index in [1.54, 1.807) is 0 Å². The molecule has 0 bridgehead atoms. The fourth-order valence-electron chi connectivity index (χ4n) is 3.50. The Morgan fingerprint density at radius 1 is 0.810 bits per heavy atom. The molecule has 1 rings (SSSR count). The van der Waals surface area contributed by atoms with Crippen LogP contribution in [0.15, 0.2) is 0 Å². The average Bonchev–Trinajstić information content (AvgIpc) is 2.19. The van der Waals surface area contributed by atoms with E-state index in [-0.39, 0.29) is 0 Å². The van der Waals surface area contributed by atoms with Gasteiger partial charge in [0.25, 0.3) is 0 Å². The van der Waals surface area contributed by atoms with E-state index in [1.165, 1.54) is 19.8 Å². The molecule has 0 amide bonds. The summed E-state index contributed by atoms with van der Waals surface area (Å²) >= 11 is -1.77. The number of nitrogens with zero attached hydrogens (tertiary/aromatic N) is 3. The first-order chi connectivity index (χ1) is 9.34. The van der Waals surface area contributed by atoms with Gasteiger partial charge in [0.2, 0.25) is 0 Å². The third kappa shape index (κ3) is 5.60. The van der Waals surface area contributed by atoms with E-state index >= 15 is 0 Å². The molecule has 3 nitrogen and oxygen atoms in total. The predicted molar refractivity (Wildman–Crippen MR) is 102 cm³/mol. The Labute approximate surface area is 144 Å². The number of hydrogen-bond acceptors (Lipinski definition) is 3. The molecule has 21 heavy (non-hydrogen) atoms.